The SMILES string of the molecule is CCCCN1C(=O)CC(NNCc2ccccc2)C1=O. The molecule has 0 bridgehead atoms. The lowest BCUT2D eigenvalue weighted by Crippen LogP contribution is -2.45. The number of benzene rings is 1. The predicted molar refractivity (Wildman–Crippen MR) is 76.5 cm³/mol. The zero-order valence-electron chi connectivity index (χ0n) is 11.8. The van der Waals surface area contributed by atoms with Gasteiger partial charge in [-0.3, -0.25) is 19.9 Å². The molecule has 5 nitrogen and oxygen atoms in total. The molecule has 2 rings (SSSR count). The number of hydrogen-bond acceptors (Lipinski definition) is 4. The summed E-state index contributed by atoms with van der Waals surface area (Å²) in [5.74, 6) is -0.202. The van der Waals surface area contributed by atoms with Gasteiger partial charge in [-0.15, -0.1) is 0 Å². The number of unbranched alkanes of at least 4 members (excludes halogenated alkanes) is 1. The van der Waals surface area contributed by atoms with Gasteiger partial charge in [-0.2, -0.15) is 0 Å². The van der Waals surface area contributed by atoms with Gasteiger partial charge < -0.3 is 0 Å². The predicted octanol–water partition coefficient (Wildman–Crippen LogP) is 1.21. The van der Waals surface area contributed by atoms with E-state index in [1.807, 2.05) is 37.3 Å². The number of carbonyl (C=O) groups excluding carboxylic acids is 2. The summed E-state index contributed by atoms with van der Waals surface area (Å²) in [6.45, 7) is 3.20. The van der Waals surface area contributed by atoms with E-state index in [-0.39, 0.29) is 18.2 Å². The van der Waals surface area contributed by atoms with Crippen molar-refractivity contribution in [1.82, 2.24) is 15.8 Å². The van der Waals surface area contributed by atoms with E-state index in [9.17, 15) is 9.59 Å². The first-order valence-corrected chi connectivity index (χ1v) is 7.09. The lowest BCUT2D eigenvalue weighted by atomic mass is 10.2. The summed E-state index contributed by atoms with van der Waals surface area (Å²) in [7, 11) is 0. The normalized spacial score (nSPS) is 18.9. The average molecular weight is 275 g/mol. The first-order valence-electron chi connectivity index (χ1n) is 7.09. The van der Waals surface area contributed by atoms with Gasteiger partial charge in [0.05, 0.1) is 6.42 Å². The van der Waals surface area contributed by atoms with Crippen molar-refractivity contribution in [3.63, 3.8) is 0 Å². The van der Waals surface area contributed by atoms with Crippen LogP contribution in [0.4, 0.5) is 0 Å². The highest BCUT2D eigenvalue weighted by molar-refractivity contribution is 6.05. The summed E-state index contributed by atoms with van der Waals surface area (Å²) in [6, 6.07) is 9.46. The van der Waals surface area contributed by atoms with E-state index >= 15 is 0 Å². The highest BCUT2D eigenvalue weighted by Crippen LogP contribution is 2.13. The lowest BCUT2D eigenvalue weighted by molar-refractivity contribution is -0.138. The van der Waals surface area contributed by atoms with Gasteiger partial charge in [0.2, 0.25) is 11.8 Å². The summed E-state index contributed by atoms with van der Waals surface area (Å²) in [5, 5.41) is 0. The van der Waals surface area contributed by atoms with E-state index in [2.05, 4.69) is 10.9 Å². The third-order valence-corrected chi connectivity index (χ3v) is 3.39. The van der Waals surface area contributed by atoms with Crippen LogP contribution in [0.25, 0.3) is 0 Å². The van der Waals surface area contributed by atoms with Crippen LogP contribution >= 0.6 is 0 Å². The maximum absolute atomic E-state index is 12.1. The molecule has 1 aliphatic heterocycles. The maximum Gasteiger partial charge on any atom is 0.248 e. The fraction of sp³-hybridized carbons (Fsp3) is 0.467. The molecule has 108 valence electrons. The molecule has 2 amide bonds. The molecule has 1 atom stereocenters. The third kappa shape index (κ3) is 3.65. The van der Waals surface area contributed by atoms with Crippen LogP contribution in [0.3, 0.4) is 0 Å². The van der Waals surface area contributed by atoms with Gasteiger partial charge in [-0.1, -0.05) is 43.7 Å². The summed E-state index contributed by atoms with van der Waals surface area (Å²) < 4.78 is 0. The van der Waals surface area contributed by atoms with Gasteiger partial charge in [0.15, 0.2) is 0 Å². The summed E-state index contributed by atoms with van der Waals surface area (Å²) >= 11 is 0. The summed E-state index contributed by atoms with van der Waals surface area (Å²) in [4.78, 5) is 25.2. The number of imide groups is 1. The van der Waals surface area contributed by atoms with Gasteiger partial charge in [0.25, 0.3) is 0 Å². The van der Waals surface area contributed by atoms with Crippen molar-refractivity contribution in [1.29, 1.82) is 0 Å². The van der Waals surface area contributed by atoms with E-state index in [0.717, 1.165) is 18.4 Å². The fourth-order valence-corrected chi connectivity index (χ4v) is 2.22. The van der Waals surface area contributed by atoms with Crippen LogP contribution in [0.15, 0.2) is 30.3 Å². The Bertz CT molecular complexity index is 461. The first-order chi connectivity index (χ1) is 9.72. The zero-order chi connectivity index (χ0) is 14.4. The van der Waals surface area contributed by atoms with Crippen LogP contribution < -0.4 is 10.9 Å². The quantitative estimate of drug-likeness (QED) is 0.580. The van der Waals surface area contributed by atoms with E-state index < -0.39 is 6.04 Å². The number of rotatable bonds is 7. The molecule has 0 radical (unpaired) electrons. The molecule has 5 heteroatoms. The number of likely N-dealkylation sites (tertiary alicyclic amines) is 1. The van der Waals surface area contributed by atoms with Gasteiger partial charge in [0, 0.05) is 13.1 Å². The molecule has 1 unspecified atom stereocenters. The molecule has 1 fully saturated rings. The lowest BCUT2D eigenvalue weighted by Gasteiger charge is -2.15. The minimum absolute atomic E-state index is 0.0811. The molecule has 1 saturated heterocycles. The number of hydrazine groups is 1. The van der Waals surface area contributed by atoms with Crippen molar-refractivity contribution in [2.24, 2.45) is 0 Å². The number of hydrogen-bond donors (Lipinski definition) is 2. The Kier molecular flexibility index (Phi) is 5.26. The van der Waals surface area contributed by atoms with Crippen LogP contribution in [0.1, 0.15) is 31.7 Å². The Morgan fingerprint density at radius 1 is 1.25 bits per heavy atom. The Labute approximate surface area is 119 Å². The Hall–Kier alpha value is -1.72. The smallest absolute Gasteiger partial charge is 0.248 e. The van der Waals surface area contributed by atoms with Crippen molar-refractivity contribution in [2.45, 2.75) is 38.8 Å². The second kappa shape index (κ2) is 7.17. The minimum Gasteiger partial charge on any atom is -0.281 e. The minimum atomic E-state index is -0.442. The molecule has 20 heavy (non-hydrogen) atoms. The van der Waals surface area contributed by atoms with E-state index in [1.165, 1.54) is 4.90 Å². The molecule has 1 aromatic rings. The van der Waals surface area contributed by atoms with Crippen LogP contribution in [-0.4, -0.2) is 29.3 Å². The highest BCUT2D eigenvalue weighted by Gasteiger charge is 2.37. The zero-order valence-corrected chi connectivity index (χ0v) is 11.8. The molecule has 1 heterocycles. The van der Waals surface area contributed by atoms with Gasteiger partial charge >= 0.3 is 0 Å². The Morgan fingerprint density at radius 3 is 2.70 bits per heavy atom. The summed E-state index contributed by atoms with van der Waals surface area (Å²) in [6.07, 6.45) is 2.08. The van der Waals surface area contributed by atoms with Crippen molar-refractivity contribution in [3.05, 3.63) is 35.9 Å². The van der Waals surface area contributed by atoms with Gasteiger partial charge in [-0.25, -0.2) is 5.43 Å². The van der Waals surface area contributed by atoms with Gasteiger partial charge in [-0.05, 0) is 12.0 Å². The number of nitrogens with zero attached hydrogens (tertiary/aromatic N) is 1. The van der Waals surface area contributed by atoms with Crippen LogP contribution in [0.2, 0.25) is 0 Å². The summed E-state index contributed by atoms with van der Waals surface area (Å²) in [5.41, 5.74) is 7.10. The van der Waals surface area contributed by atoms with Gasteiger partial charge in [0.1, 0.15) is 6.04 Å². The highest BCUT2D eigenvalue weighted by atomic mass is 16.2. The largest absolute Gasteiger partial charge is 0.281 e. The number of nitrogens with one attached hydrogen (secondary N) is 2. The van der Waals surface area contributed by atoms with Crippen LogP contribution in [0, 0.1) is 0 Å². The molecule has 2 N–H and O–H groups in total. The van der Waals surface area contributed by atoms with Crippen molar-refractivity contribution < 1.29 is 9.59 Å². The van der Waals surface area contributed by atoms with Crippen molar-refractivity contribution in [2.75, 3.05) is 6.54 Å². The van der Waals surface area contributed by atoms with E-state index in [0.29, 0.717) is 13.1 Å². The molecule has 0 aliphatic carbocycles. The van der Waals surface area contributed by atoms with E-state index in [1.54, 1.807) is 0 Å². The number of amides is 2. The molecule has 0 aromatic heterocycles. The van der Waals surface area contributed by atoms with Crippen LogP contribution in [-0.2, 0) is 16.1 Å². The van der Waals surface area contributed by atoms with Crippen molar-refractivity contribution in [3.8, 4) is 0 Å². The second-order valence-electron chi connectivity index (χ2n) is 4.98. The molecule has 1 aromatic carbocycles. The van der Waals surface area contributed by atoms with Crippen LogP contribution in [0.5, 0.6) is 0 Å². The van der Waals surface area contributed by atoms with Crippen molar-refractivity contribution >= 4 is 11.8 Å². The maximum atomic E-state index is 12.1. The molecule has 0 saturated carbocycles. The Balaban J connectivity index is 1.79. The first kappa shape index (κ1) is 14.7. The average Bonchev–Trinajstić information content (AvgIpc) is 2.73. The standard InChI is InChI=1S/C15H21N3O2/c1-2-3-9-18-14(19)10-13(15(18)20)17-16-11-12-7-5-4-6-8-12/h4-8,13,16-17H,2-3,9-11H2,1H3. The molecular weight excluding hydrogens is 254 g/mol. The molecule has 0 spiro atoms. The topological polar surface area (TPSA) is 61.4 Å². The number of carbonyl (C=O) groups is 2. The Morgan fingerprint density at radius 2 is 2.00 bits per heavy atom. The molecule has 1 aliphatic rings. The fourth-order valence-electron chi connectivity index (χ4n) is 2.22. The third-order valence-electron chi connectivity index (χ3n) is 3.39. The monoisotopic (exact) mass is 275 g/mol. The second-order valence-corrected chi connectivity index (χ2v) is 4.98. The van der Waals surface area contributed by atoms with E-state index in [4.69, 9.17) is 0 Å². The molecular formula is C15H21N3O2.